The number of rotatable bonds is 2. The maximum atomic E-state index is 12.3. The van der Waals surface area contributed by atoms with E-state index in [0.29, 0.717) is 25.6 Å². The molecule has 2 heterocycles. The largest absolute Gasteiger partial charge is 0.317 e. The SMILES string of the molecule is CC1CNCCN(CC2CCNCC2)S1(=O)=O. The fourth-order valence-corrected chi connectivity index (χ4v) is 4.15. The molecule has 0 bridgehead atoms. The summed E-state index contributed by atoms with van der Waals surface area (Å²) in [5.41, 5.74) is 0. The van der Waals surface area contributed by atoms with Crippen molar-refractivity contribution in [3.63, 3.8) is 0 Å². The van der Waals surface area contributed by atoms with E-state index in [2.05, 4.69) is 10.6 Å². The first-order valence-electron chi connectivity index (χ1n) is 6.51. The molecule has 2 saturated heterocycles. The lowest BCUT2D eigenvalue weighted by molar-refractivity contribution is 0.291. The maximum Gasteiger partial charge on any atom is 0.218 e. The molecule has 2 N–H and O–H groups in total. The maximum absolute atomic E-state index is 12.3. The van der Waals surface area contributed by atoms with Gasteiger partial charge in [0.25, 0.3) is 0 Å². The summed E-state index contributed by atoms with van der Waals surface area (Å²) in [5, 5.41) is 6.20. The van der Waals surface area contributed by atoms with Crippen molar-refractivity contribution in [2.75, 3.05) is 39.3 Å². The number of sulfonamides is 1. The monoisotopic (exact) mass is 261 g/mol. The minimum absolute atomic E-state index is 0.299. The third kappa shape index (κ3) is 3.19. The normalized spacial score (nSPS) is 32.2. The second-order valence-corrected chi connectivity index (χ2v) is 7.46. The van der Waals surface area contributed by atoms with Crippen molar-refractivity contribution in [3.05, 3.63) is 0 Å². The van der Waals surface area contributed by atoms with Gasteiger partial charge in [-0.3, -0.25) is 0 Å². The summed E-state index contributed by atoms with van der Waals surface area (Å²) in [4.78, 5) is 0. The molecule has 17 heavy (non-hydrogen) atoms. The van der Waals surface area contributed by atoms with Crippen molar-refractivity contribution in [2.24, 2.45) is 5.92 Å². The van der Waals surface area contributed by atoms with Crippen LogP contribution in [0.4, 0.5) is 0 Å². The third-order valence-corrected chi connectivity index (χ3v) is 5.99. The van der Waals surface area contributed by atoms with Crippen LogP contribution in [0.1, 0.15) is 19.8 Å². The lowest BCUT2D eigenvalue weighted by Gasteiger charge is -2.29. The van der Waals surface area contributed by atoms with E-state index in [0.717, 1.165) is 32.5 Å². The molecule has 0 spiro atoms. The van der Waals surface area contributed by atoms with Gasteiger partial charge < -0.3 is 10.6 Å². The number of hydrogen-bond donors (Lipinski definition) is 2. The second kappa shape index (κ2) is 5.65. The van der Waals surface area contributed by atoms with Gasteiger partial charge in [0.05, 0.1) is 5.25 Å². The van der Waals surface area contributed by atoms with E-state index < -0.39 is 10.0 Å². The Morgan fingerprint density at radius 2 is 1.88 bits per heavy atom. The summed E-state index contributed by atoms with van der Waals surface area (Å²) in [5.74, 6) is 0.524. The summed E-state index contributed by atoms with van der Waals surface area (Å²) < 4.78 is 26.3. The van der Waals surface area contributed by atoms with E-state index in [4.69, 9.17) is 0 Å². The molecule has 0 aromatic rings. The zero-order valence-corrected chi connectivity index (χ0v) is 11.3. The van der Waals surface area contributed by atoms with Crippen molar-refractivity contribution in [2.45, 2.75) is 25.0 Å². The molecule has 0 aliphatic carbocycles. The molecule has 0 radical (unpaired) electrons. The van der Waals surface area contributed by atoms with E-state index in [1.807, 2.05) is 0 Å². The van der Waals surface area contributed by atoms with Crippen molar-refractivity contribution in [1.29, 1.82) is 0 Å². The standard InChI is InChI=1S/C11H23N3O2S/c1-10-8-13-6-7-14(17(10,15)16)9-11-2-4-12-5-3-11/h10-13H,2-9H2,1H3. The van der Waals surface area contributed by atoms with Crippen molar-refractivity contribution in [3.8, 4) is 0 Å². The van der Waals surface area contributed by atoms with Crippen molar-refractivity contribution >= 4 is 10.0 Å². The van der Waals surface area contributed by atoms with Gasteiger partial charge in [-0.25, -0.2) is 12.7 Å². The van der Waals surface area contributed by atoms with Crippen LogP contribution in [0.5, 0.6) is 0 Å². The molecule has 6 heteroatoms. The summed E-state index contributed by atoms with van der Waals surface area (Å²) >= 11 is 0. The van der Waals surface area contributed by atoms with Crippen LogP contribution in [0.2, 0.25) is 0 Å². The van der Waals surface area contributed by atoms with E-state index in [9.17, 15) is 8.42 Å². The predicted molar refractivity (Wildman–Crippen MR) is 68.4 cm³/mol. The Bertz CT molecular complexity index is 339. The molecule has 2 aliphatic heterocycles. The number of nitrogens with zero attached hydrogens (tertiary/aromatic N) is 1. The Labute approximate surface area is 104 Å². The highest BCUT2D eigenvalue weighted by Gasteiger charge is 2.32. The molecule has 0 aromatic heterocycles. The van der Waals surface area contributed by atoms with Crippen LogP contribution in [-0.4, -0.2) is 57.2 Å². The first-order valence-corrected chi connectivity index (χ1v) is 8.01. The molecule has 1 atom stereocenters. The second-order valence-electron chi connectivity index (χ2n) is 5.11. The minimum atomic E-state index is -3.09. The van der Waals surface area contributed by atoms with Gasteiger partial charge in [0.2, 0.25) is 10.0 Å². The van der Waals surface area contributed by atoms with Gasteiger partial charge in [0, 0.05) is 26.2 Å². The van der Waals surface area contributed by atoms with Gasteiger partial charge in [-0.1, -0.05) is 0 Å². The molecule has 1 unspecified atom stereocenters. The summed E-state index contributed by atoms with van der Waals surface area (Å²) in [6, 6.07) is 0. The van der Waals surface area contributed by atoms with Gasteiger partial charge in [0.15, 0.2) is 0 Å². The zero-order valence-electron chi connectivity index (χ0n) is 10.5. The Morgan fingerprint density at radius 3 is 2.59 bits per heavy atom. The fraction of sp³-hybridized carbons (Fsp3) is 1.00. The van der Waals surface area contributed by atoms with Gasteiger partial charge in [-0.15, -0.1) is 0 Å². The van der Waals surface area contributed by atoms with Crippen molar-refractivity contribution in [1.82, 2.24) is 14.9 Å². The molecular weight excluding hydrogens is 238 g/mol. The fourth-order valence-electron chi connectivity index (χ4n) is 2.54. The highest BCUT2D eigenvalue weighted by molar-refractivity contribution is 7.89. The number of hydrogen-bond acceptors (Lipinski definition) is 4. The number of nitrogens with one attached hydrogen (secondary N) is 2. The molecule has 100 valence electrons. The number of piperidine rings is 1. The lowest BCUT2D eigenvalue weighted by Crippen LogP contribution is -2.42. The van der Waals surface area contributed by atoms with Crippen LogP contribution in [0.15, 0.2) is 0 Å². The first-order chi connectivity index (χ1) is 8.10. The molecule has 2 fully saturated rings. The summed E-state index contributed by atoms with van der Waals surface area (Å²) in [6.45, 7) is 6.51. The van der Waals surface area contributed by atoms with Crippen LogP contribution in [0.25, 0.3) is 0 Å². The van der Waals surface area contributed by atoms with Crippen LogP contribution in [-0.2, 0) is 10.0 Å². The molecule has 0 saturated carbocycles. The third-order valence-electron chi connectivity index (χ3n) is 3.76. The van der Waals surface area contributed by atoms with Crippen LogP contribution in [0, 0.1) is 5.92 Å². The molecular formula is C11H23N3O2S. The van der Waals surface area contributed by atoms with Crippen LogP contribution < -0.4 is 10.6 Å². The molecule has 2 rings (SSSR count). The minimum Gasteiger partial charge on any atom is -0.317 e. The van der Waals surface area contributed by atoms with E-state index in [1.54, 1.807) is 11.2 Å². The van der Waals surface area contributed by atoms with Gasteiger partial charge >= 0.3 is 0 Å². The smallest absolute Gasteiger partial charge is 0.218 e. The van der Waals surface area contributed by atoms with Crippen molar-refractivity contribution < 1.29 is 8.42 Å². The highest BCUT2D eigenvalue weighted by Crippen LogP contribution is 2.18. The Kier molecular flexibility index (Phi) is 4.41. The van der Waals surface area contributed by atoms with Gasteiger partial charge in [-0.05, 0) is 38.8 Å². The lowest BCUT2D eigenvalue weighted by atomic mass is 9.98. The summed E-state index contributed by atoms with van der Waals surface area (Å²) in [6.07, 6.45) is 2.18. The Morgan fingerprint density at radius 1 is 1.18 bits per heavy atom. The van der Waals surface area contributed by atoms with E-state index in [-0.39, 0.29) is 5.25 Å². The van der Waals surface area contributed by atoms with Crippen LogP contribution >= 0.6 is 0 Å². The molecule has 5 nitrogen and oxygen atoms in total. The highest BCUT2D eigenvalue weighted by atomic mass is 32.2. The zero-order chi connectivity index (χ0) is 12.3. The van der Waals surface area contributed by atoms with E-state index >= 15 is 0 Å². The first kappa shape index (κ1) is 13.3. The molecule has 0 amide bonds. The van der Waals surface area contributed by atoms with Crippen LogP contribution in [0.3, 0.4) is 0 Å². The van der Waals surface area contributed by atoms with Gasteiger partial charge in [-0.2, -0.15) is 0 Å². The quantitative estimate of drug-likeness (QED) is 0.711. The van der Waals surface area contributed by atoms with E-state index in [1.165, 1.54) is 0 Å². The Balaban J connectivity index is 2.01. The molecule has 2 aliphatic rings. The topological polar surface area (TPSA) is 61.4 Å². The summed E-state index contributed by atoms with van der Waals surface area (Å²) in [7, 11) is -3.09. The average Bonchev–Trinajstić information content (AvgIpc) is 2.44. The molecule has 0 aromatic carbocycles. The predicted octanol–water partition coefficient (Wildman–Crippen LogP) is -0.390. The average molecular weight is 261 g/mol. The Hall–Kier alpha value is -0.170. The van der Waals surface area contributed by atoms with Gasteiger partial charge in [0.1, 0.15) is 0 Å².